The van der Waals surface area contributed by atoms with Gasteiger partial charge in [-0.2, -0.15) is 0 Å². The van der Waals surface area contributed by atoms with Crippen LogP contribution in [0.5, 0.6) is 0 Å². The van der Waals surface area contributed by atoms with Gasteiger partial charge in [0, 0.05) is 24.5 Å². The molecule has 2 saturated heterocycles. The predicted octanol–water partition coefficient (Wildman–Crippen LogP) is 2.59. The number of aromatic nitrogens is 1. The van der Waals surface area contributed by atoms with Gasteiger partial charge in [-0.15, -0.1) is 11.3 Å². The summed E-state index contributed by atoms with van der Waals surface area (Å²) in [6.45, 7) is 3.11. The second-order valence-electron chi connectivity index (χ2n) is 5.87. The molecule has 0 aliphatic carbocycles. The number of hydrogen-bond donors (Lipinski definition) is 1. The molecule has 1 amide bonds. The van der Waals surface area contributed by atoms with E-state index in [9.17, 15) is 4.79 Å². The first-order chi connectivity index (χ1) is 9.84. The van der Waals surface area contributed by atoms with E-state index in [1.807, 2.05) is 11.6 Å². The van der Waals surface area contributed by atoms with Gasteiger partial charge in [0.15, 0.2) is 0 Å². The van der Waals surface area contributed by atoms with Crippen LogP contribution in [0.1, 0.15) is 49.6 Å². The van der Waals surface area contributed by atoms with Crippen molar-refractivity contribution < 1.29 is 4.79 Å². The molecule has 110 valence electrons. The summed E-state index contributed by atoms with van der Waals surface area (Å²) in [6, 6.07) is 0.234. The van der Waals surface area contributed by atoms with Gasteiger partial charge in [0.25, 0.3) is 0 Å². The minimum Gasteiger partial charge on any atom is -0.333 e. The van der Waals surface area contributed by atoms with E-state index < -0.39 is 0 Å². The highest BCUT2D eigenvalue weighted by atomic mass is 32.1. The molecule has 20 heavy (non-hydrogen) atoms. The van der Waals surface area contributed by atoms with Gasteiger partial charge in [0.1, 0.15) is 5.01 Å². The predicted molar refractivity (Wildman–Crippen MR) is 80.6 cm³/mol. The van der Waals surface area contributed by atoms with E-state index in [1.165, 1.54) is 12.8 Å². The van der Waals surface area contributed by atoms with Gasteiger partial charge < -0.3 is 10.2 Å². The number of likely N-dealkylation sites (tertiary alicyclic amines) is 1. The number of nitrogens with one attached hydrogen (secondary N) is 1. The number of carbonyl (C=O) groups is 1. The summed E-state index contributed by atoms with van der Waals surface area (Å²) in [6.07, 6.45) is 8.23. The van der Waals surface area contributed by atoms with Crippen LogP contribution in [0.25, 0.3) is 0 Å². The van der Waals surface area contributed by atoms with Gasteiger partial charge >= 0.3 is 0 Å². The molecule has 3 heterocycles. The Morgan fingerprint density at radius 2 is 2.40 bits per heavy atom. The average molecular weight is 293 g/mol. The van der Waals surface area contributed by atoms with Gasteiger partial charge in [-0.1, -0.05) is 0 Å². The molecule has 0 bridgehead atoms. The Balaban J connectivity index is 1.59. The van der Waals surface area contributed by atoms with Gasteiger partial charge in [-0.05, 0) is 51.1 Å². The Bertz CT molecular complexity index is 428. The minimum absolute atomic E-state index is 0.234. The first kappa shape index (κ1) is 14.0. The first-order valence-corrected chi connectivity index (χ1v) is 8.62. The summed E-state index contributed by atoms with van der Waals surface area (Å²) in [5.41, 5.74) is 0. The van der Waals surface area contributed by atoms with Crippen molar-refractivity contribution in [1.29, 1.82) is 0 Å². The van der Waals surface area contributed by atoms with Crippen molar-refractivity contribution in [1.82, 2.24) is 15.2 Å². The number of hydrogen-bond acceptors (Lipinski definition) is 4. The molecule has 3 rings (SSSR count). The summed E-state index contributed by atoms with van der Waals surface area (Å²) in [7, 11) is 0. The maximum atomic E-state index is 12.5. The SMILES string of the molecule is O=C(CCC1CCNC1)N1CCCCC1c1nccs1. The van der Waals surface area contributed by atoms with E-state index in [0.29, 0.717) is 18.2 Å². The lowest BCUT2D eigenvalue weighted by Gasteiger charge is -2.34. The number of thiazole rings is 1. The third-order valence-corrected chi connectivity index (χ3v) is 5.37. The molecule has 1 aromatic rings. The molecule has 0 radical (unpaired) electrons. The Morgan fingerprint density at radius 3 is 3.15 bits per heavy atom. The topological polar surface area (TPSA) is 45.2 Å². The minimum atomic E-state index is 0.234. The number of nitrogens with zero attached hydrogens (tertiary/aromatic N) is 2. The second-order valence-corrected chi connectivity index (χ2v) is 6.79. The smallest absolute Gasteiger partial charge is 0.223 e. The molecule has 2 aliphatic heterocycles. The monoisotopic (exact) mass is 293 g/mol. The summed E-state index contributed by atoms with van der Waals surface area (Å²) in [5, 5.41) is 6.50. The largest absolute Gasteiger partial charge is 0.333 e. The summed E-state index contributed by atoms with van der Waals surface area (Å²) < 4.78 is 0. The highest BCUT2D eigenvalue weighted by Gasteiger charge is 2.29. The van der Waals surface area contributed by atoms with Crippen LogP contribution in [-0.4, -0.2) is 35.4 Å². The Kier molecular flexibility index (Phi) is 4.68. The van der Waals surface area contributed by atoms with Crippen molar-refractivity contribution in [2.24, 2.45) is 5.92 Å². The lowest BCUT2D eigenvalue weighted by molar-refractivity contribution is -0.135. The molecule has 0 saturated carbocycles. The summed E-state index contributed by atoms with van der Waals surface area (Å²) >= 11 is 1.68. The van der Waals surface area contributed by atoms with Crippen molar-refractivity contribution in [3.05, 3.63) is 16.6 Å². The number of carbonyl (C=O) groups excluding carboxylic acids is 1. The molecule has 0 aromatic carbocycles. The van der Waals surface area contributed by atoms with E-state index in [0.717, 1.165) is 43.9 Å². The molecular formula is C15H23N3OS. The summed E-state index contributed by atoms with van der Waals surface area (Å²) in [5.74, 6) is 1.03. The molecule has 2 atom stereocenters. The zero-order valence-electron chi connectivity index (χ0n) is 11.9. The normalized spacial score (nSPS) is 26.9. The van der Waals surface area contributed by atoms with Crippen molar-refractivity contribution in [2.45, 2.75) is 44.6 Å². The Labute approximate surface area is 124 Å². The van der Waals surface area contributed by atoms with Crippen LogP contribution in [0.3, 0.4) is 0 Å². The zero-order valence-corrected chi connectivity index (χ0v) is 12.7. The van der Waals surface area contributed by atoms with Crippen molar-refractivity contribution in [3.8, 4) is 0 Å². The standard InChI is InChI=1S/C15H23N3OS/c19-14(5-4-12-6-7-16-11-12)18-9-2-1-3-13(18)15-17-8-10-20-15/h8,10,12-13,16H,1-7,9,11H2. The Hall–Kier alpha value is -0.940. The average Bonchev–Trinajstić information content (AvgIpc) is 3.18. The Morgan fingerprint density at radius 1 is 1.45 bits per heavy atom. The molecule has 2 aliphatic rings. The fourth-order valence-electron chi connectivity index (χ4n) is 3.32. The van der Waals surface area contributed by atoms with Crippen molar-refractivity contribution in [3.63, 3.8) is 0 Å². The molecule has 2 unspecified atom stereocenters. The van der Waals surface area contributed by atoms with Gasteiger partial charge in [0.2, 0.25) is 5.91 Å². The number of rotatable bonds is 4. The lowest BCUT2D eigenvalue weighted by Crippen LogP contribution is -2.38. The molecule has 5 heteroatoms. The fourth-order valence-corrected chi connectivity index (χ4v) is 4.10. The van der Waals surface area contributed by atoms with Crippen LogP contribution in [0.4, 0.5) is 0 Å². The second kappa shape index (κ2) is 6.68. The fraction of sp³-hybridized carbons (Fsp3) is 0.733. The maximum Gasteiger partial charge on any atom is 0.223 e. The highest BCUT2D eigenvalue weighted by Crippen LogP contribution is 2.32. The molecular weight excluding hydrogens is 270 g/mol. The van der Waals surface area contributed by atoms with Gasteiger partial charge in [-0.25, -0.2) is 4.98 Å². The first-order valence-electron chi connectivity index (χ1n) is 7.74. The van der Waals surface area contributed by atoms with Crippen LogP contribution >= 0.6 is 11.3 Å². The quantitative estimate of drug-likeness (QED) is 0.928. The van der Waals surface area contributed by atoms with Crippen molar-refractivity contribution >= 4 is 17.2 Å². The molecule has 1 N–H and O–H groups in total. The molecule has 0 spiro atoms. The highest BCUT2D eigenvalue weighted by molar-refractivity contribution is 7.09. The van der Waals surface area contributed by atoms with Gasteiger partial charge in [-0.3, -0.25) is 4.79 Å². The van der Waals surface area contributed by atoms with Crippen LogP contribution < -0.4 is 5.32 Å². The van der Waals surface area contributed by atoms with E-state index >= 15 is 0 Å². The molecule has 1 aromatic heterocycles. The van der Waals surface area contributed by atoms with E-state index in [-0.39, 0.29) is 6.04 Å². The van der Waals surface area contributed by atoms with E-state index in [4.69, 9.17) is 0 Å². The lowest BCUT2D eigenvalue weighted by atomic mass is 9.99. The zero-order chi connectivity index (χ0) is 13.8. The molecule has 4 nitrogen and oxygen atoms in total. The third kappa shape index (κ3) is 3.20. The summed E-state index contributed by atoms with van der Waals surface area (Å²) in [4.78, 5) is 19.1. The van der Waals surface area contributed by atoms with Gasteiger partial charge in [0.05, 0.1) is 6.04 Å². The van der Waals surface area contributed by atoms with E-state index in [1.54, 1.807) is 11.3 Å². The number of amides is 1. The van der Waals surface area contributed by atoms with Crippen LogP contribution in [-0.2, 0) is 4.79 Å². The van der Waals surface area contributed by atoms with Crippen LogP contribution in [0.2, 0.25) is 0 Å². The van der Waals surface area contributed by atoms with E-state index in [2.05, 4.69) is 15.2 Å². The maximum absolute atomic E-state index is 12.5. The van der Waals surface area contributed by atoms with Crippen molar-refractivity contribution in [2.75, 3.05) is 19.6 Å². The number of piperidine rings is 1. The molecule has 2 fully saturated rings. The third-order valence-electron chi connectivity index (χ3n) is 4.49. The van der Waals surface area contributed by atoms with Crippen LogP contribution in [0, 0.1) is 5.92 Å². The van der Waals surface area contributed by atoms with Crippen LogP contribution in [0.15, 0.2) is 11.6 Å².